The molecular formula is C13H12ClNO2. The van der Waals surface area contributed by atoms with Crippen LogP contribution < -0.4 is 0 Å². The summed E-state index contributed by atoms with van der Waals surface area (Å²) >= 11 is 5.88. The molecule has 0 aliphatic heterocycles. The predicted octanol–water partition coefficient (Wildman–Crippen LogP) is 2.65. The average molecular weight is 250 g/mol. The molecule has 0 amide bonds. The van der Waals surface area contributed by atoms with E-state index in [0.29, 0.717) is 11.4 Å². The topological polar surface area (TPSA) is 39.2 Å². The van der Waals surface area contributed by atoms with Crippen LogP contribution in [-0.4, -0.2) is 24.5 Å². The third-order valence-corrected chi connectivity index (χ3v) is 2.63. The summed E-state index contributed by atoms with van der Waals surface area (Å²) in [4.78, 5) is 15.6. The second-order valence-electron chi connectivity index (χ2n) is 3.83. The SMILES string of the molecule is COCC(=O)Cc1ccc2ncc(Cl)cc2c1. The van der Waals surface area contributed by atoms with Crippen molar-refractivity contribution in [1.82, 2.24) is 4.98 Å². The normalized spacial score (nSPS) is 10.7. The summed E-state index contributed by atoms with van der Waals surface area (Å²) < 4.78 is 4.80. The molecule has 0 N–H and O–H groups in total. The monoisotopic (exact) mass is 249 g/mol. The van der Waals surface area contributed by atoms with Gasteiger partial charge in [0.1, 0.15) is 6.61 Å². The lowest BCUT2D eigenvalue weighted by Crippen LogP contribution is -2.09. The lowest BCUT2D eigenvalue weighted by Gasteiger charge is -2.03. The van der Waals surface area contributed by atoms with Gasteiger partial charge < -0.3 is 4.74 Å². The highest BCUT2D eigenvalue weighted by Crippen LogP contribution is 2.18. The molecule has 1 aromatic heterocycles. The molecule has 0 saturated carbocycles. The maximum Gasteiger partial charge on any atom is 0.162 e. The number of hydrogen-bond donors (Lipinski definition) is 0. The molecule has 2 rings (SSSR count). The molecule has 0 radical (unpaired) electrons. The molecule has 4 heteroatoms. The van der Waals surface area contributed by atoms with Crippen molar-refractivity contribution < 1.29 is 9.53 Å². The molecule has 1 aromatic carbocycles. The van der Waals surface area contributed by atoms with Gasteiger partial charge in [-0.2, -0.15) is 0 Å². The molecule has 17 heavy (non-hydrogen) atoms. The quantitative estimate of drug-likeness (QED) is 0.836. The summed E-state index contributed by atoms with van der Waals surface area (Å²) in [5.74, 6) is 0.0573. The Bertz CT molecular complexity index is 554. The highest BCUT2D eigenvalue weighted by molar-refractivity contribution is 6.31. The fourth-order valence-electron chi connectivity index (χ4n) is 1.70. The molecule has 2 aromatic rings. The van der Waals surface area contributed by atoms with E-state index in [9.17, 15) is 4.79 Å². The second-order valence-corrected chi connectivity index (χ2v) is 4.27. The van der Waals surface area contributed by atoms with Crippen molar-refractivity contribution in [3.8, 4) is 0 Å². The smallest absolute Gasteiger partial charge is 0.162 e. The summed E-state index contributed by atoms with van der Waals surface area (Å²) in [7, 11) is 1.52. The summed E-state index contributed by atoms with van der Waals surface area (Å²) in [6.07, 6.45) is 1.98. The van der Waals surface area contributed by atoms with E-state index in [1.807, 2.05) is 24.3 Å². The zero-order valence-corrected chi connectivity index (χ0v) is 10.2. The van der Waals surface area contributed by atoms with Crippen LogP contribution in [-0.2, 0) is 16.0 Å². The van der Waals surface area contributed by atoms with Gasteiger partial charge in [0.05, 0.1) is 10.5 Å². The summed E-state index contributed by atoms with van der Waals surface area (Å²) in [6.45, 7) is 0.145. The van der Waals surface area contributed by atoms with Crippen molar-refractivity contribution in [3.63, 3.8) is 0 Å². The maximum absolute atomic E-state index is 11.4. The van der Waals surface area contributed by atoms with Crippen LogP contribution in [0.3, 0.4) is 0 Å². The zero-order chi connectivity index (χ0) is 12.3. The largest absolute Gasteiger partial charge is 0.377 e. The third kappa shape index (κ3) is 3.02. The number of halogens is 1. The van der Waals surface area contributed by atoms with Crippen molar-refractivity contribution in [3.05, 3.63) is 41.0 Å². The number of fused-ring (bicyclic) bond motifs is 1. The first-order valence-electron chi connectivity index (χ1n) is 5.24. The number of rotatable bonds is 4. The molecule has 0 fully saturated rings. The fraction of sp³-hybridized carbons (Fsp3) is 0.231. The Balaban J connectivity index is 2.27. The first kappa shape index (κ1) is 12.0. The molecule has 0 aliphatic rings. The maximum atomic E-state index is 11.4. The number of carbonyl (C=O) groups excluding carboxylic acids is 1. The first-order chi connectivity index (χ1) is 8.19. The van der Waals surface area contributed by atoms with E-state index in [2.05, 4.69) is 4.98 Å². The molecule has 0 saturated heterocycles. The number of benzene rings is 1. The van der Waals surface area contributed by atoms with Gasteiger partial charge in [-0.1, -0.05) is 17.7 Å². The fourth-order valence-corrected chi connectivity index (χ4v) is 1.87. The molecule has 0 spiro atoms. The number of ether oxygens (including phenoxy) is 1. The van der Waals surface area contributed by atoms with Gasteiger partial charge in [-0.15, -0.1) is 0 Å². The van der Waals surface area contributed by atoms with Crippen molar-refractivity contribution in [1.29, 1.82) is 0 Å². The van der Waals surface area contributed by atoms with Crippen LogP contribution in [0.5, 0.6) is 0 Å². The van der Waals surface area contributed by atoms with Crippen molar-refractivity contribution in [2.24, 2.45) is 0 Å². The Morgan fingerprint density at radius 3 is 3.00 bits per heavy atom. The van der Waals surface area contributed by atoms with E-state index in [0.717, 1.165) is 16.5 Å². The molecule has 0 aliphatic carbocycles. The minimum absolute atomic E-state index is 0.0573. The highest BCUT2D eigenvalue weighted by Gasteiger charge is 2.04. The Morgan fingerprint density at radius 1 is 1.41 bits per heavy atom. The molecule has 0 unspecified atom stereocenters. The van der Waals surface area contributed by atoms with Gasteiger partial charge in [-0.05, 0) is 23.8 Å². The van der Waals surface area contributed by atoms with Gasteiger partial charge in [0.25, 0.3) is 0 Å². The van der Waals surface area contributed by atoms with Gasteiger partial charge in [-0.25, -0.2) is 0 Å². The van der Waals surface area contributed by atoms with Crippen LogP contribution in [0.25, 0.3) is 10.9 Å². The van der Waals surface area contributed by atoms with Gasteiger partial charge in [-0.3, -0.25) is 9.78 Å². The molecule has 88 valence electrons. The second kappa shape index (κ2) is 5.25. The van der Waals surface area contributed by atoms with E-state index in [1.165, 1.54) is 7.11 Å². The van der Waals surface area contributed by atoms with E-state index in [4.69, 9.17) is 16.3 Å². The Morgan fingerprint density at radius 2 is 2.24 bits per heavy atom. The number of aromatic nitrogens is 1. The lowest BCUT2D eigenvalue weighted by molar-refractivity contribution is -0.121. The van der Waals surface area contributed by atoms with Gasteiger partial charge in [0.2, 0.25) is 0 Å². The van der Waals surface area contributed by atoms with Crippen LogP contribution in [0.2, 0.25) is 5.02 Å². The van der Waals surface area contributed by atoms with Crippen molar-refractivity contribution >= 4 is 28.3 Å². The van der Waals surface area contributed by atoms with Crippen LogP contribution in [0.1, 0.15) is 5.56 Å². The van der Waals surface area contributed by atoms with E-state index >= 15 is 0 Å². The number of nitrogens with zero attached hydrogens (tertiary/aromatic N) is 1. The van der Waals surface area contributed by atoms with Crippen molar-refractivity contribution in [2.45, 2.75) is 6.42 Å². The number of pyridine rings is 1. The van der Waals surface area contributed by atoms with E-state index in [-0.39, 0.29) is 12.4 Å². The van der Waals surface area contributed by atoms with Crippen LogP contribution >= 0.6 is 11.6 Å². The van der Waals surface area contributed by atoms with Crippen LogP contribution in [0.4, 0.5) is 0 Å². The molecule has 0 bridgehead atoms. The Hall–Kier alpha value is -1.45. The third-order valence-electron chi connectivity index (χ3n) is 2.42. The van der Waals surface area contributed by atoms with Gasteiger partial charge in [0, 0.05) is 25.1 Å². The summed E-state index contributed by atoms with van der Waals surface area (Å²) in [6, 6.07) is 7.56. The van der Waals surface area contributed by atoms with Crippen molar-refractivity contribution in [2.75, 3.05) is 13.7 Å². The number of Topliss-reactive ketones (excluding diaryl/α,β-unsaturated/α-hetero) is 1. The van der Waals surface area contributed by atoms with E-state index in [1.54, 1.807) is 6.20 Å². The Labute approximate surface area is 104 Å². The first-order valence-corrected chi connectivity index (χ1v) is 5.61. The highest BCUT2D eigenvalue weighted by atomic mass is 35.5. The number of ketones is 1. The Kier molecular flexibility index (Phi) is 3.71. The summed E-state index contributed by atoms with van der Waals surface area (Å²) in [5.41, 5.74) is 1.82. The molecular weight excluding hydrogens is 238 g/mol. The zero-order valence-electron chi connectivity index (χ0n) is 9.44. The number of methoxy groups -OCH3 is 1. The molecule has 0 atom stereocenters. The molecule has 3 nitrogen and oxygen atoms in total. The van der Waals surface area contributed by atoms with E-state index < -0.39 is 0 Å². The van der Waals surface area contributed by atoms with Crippen LogP contribution in [0, 0.1) is 0 Å². The van der Waals surface area contributed by atoms with Crippen LogP contribution in [0.15, 0.2) is 30.5 Å². The lowest BCUT2D eigenvalue weighted by atomic mass is 10.1. The predicted molar refractivity (Wildman–Crippen MR) is 67.3 cm³/mol. The standard InChI is InChI=1S/C13H12ClNO2/c1-17-8-12(16)5-9-2-3-13-10(4-9)6-11(14)7-15-13/h2-4,6-7H,5,8H2,1H3. The van der Waals surface area contributed by atoms with Gasteiger partial charge in [0.15, 0.2) is 5.78 Å². The summed E-state index contributed by atoms with van der Waals surface area (Å²) in [5, 5.41) is 1.54. The molecule has 1 heterocycles. The average Bonchev–Trinajstić information content (AvgIpc) is 2.28. The number of hydrogen-bond acceptors (Lipinski definition) is 3. The minimum Gasteiger partial charge on any atom is -0.377 e. The van der Waals surface area contributed by atoms with Gasteiger partial charge >= 0.3 is 0 Å². The number of carbonyl (C=O) groups is 1. The minimum atomic E-state index is 0.0573.